The van der Waals surface area contributed by atoms with E-state index in [9.17, 15) is 13.2 Å². The Morgan fingerprint density at radius 1 is 1.22 bits per heavy atom. The molecule has 2 heterocycles. The number of sulfonamides is 1. The molecule has 4 aromatic rings. The Bertz CT molecular complexity index is 1410. The topological polar surface area (TPSA) is 107 Å². The molecule has 1 atom stereocenters. The number of nitrogens with zero attached hydrogens (tertiary/aromatic N) is 2. The molecule has 1 unspecified atom stereocenters. The number of rotatable bonds is 6. The van der Waals surface area contributed by atoms with E-state index in [4.69, 9.17) is 16.7 Å². The molecule has 0 fully saturated rings. The van der Waals surface area contributed by atoms with Crippen LogP contribution in [0, 0.1) is 6.92 Å². The van der Waals surface area contributed by atoms with Gasteiger partial charge in [0.1, 0.15) is 4.83 Å². The molecular formula is C22H21ClN4O3S2. The summed E-state index contributed by atoms with van der Waals surface area (Å²) in [5.41, 5.74) is 2.55. The molecule has 0 saturated carbocycles. The van der Waals surface area contributed by atoms with Gasteiger partial charge in [0.15, 0.2) is 0 Å². The second-order valence-electron chi connectivity index (χ2n) is 7.51. The minimum absolute atomic E-state index is 0.0101. The summed E-state index contributed by atoms with van der Waals surface area (Å²) in [4.78, 5) is 14.4. The number of fused-ring (bicyclic) bond motifs is 1. The van der Waals surface area contributed by atoms with Crippen molar-refractivity contribution >= 4 is 49.1 Å². The van der Waals surface area contributed by atoms with E-state index >= 15 is 0 Å². The molecule has 166 valence electrons. The molecule has 7 nitrogen and oxygen atoms in total. The van der Waals surface area contributed by atoms with Crippen molar-refractivity contribution in [3.05, 3.63) is 81.3 Å². The average molecular weight is 489 g/mol. The number of nitrogens with two attached hydrogens (primary N) is 1. The largest absolute Gasteiger partial charge is 0.345 e. The van der Waals surface area contributed by atoms with E-state index in [1.54, 1.807) is 19.1 Å². The fourth-order valence-corrected chi connectivity index (χ4v) is 5.17. The van der Waals surface area contributed by atoms with Crippen molar-refractivity contribution in [2.24, 2.45) is 5.14 Å². The zero-order valence-electron chi connectivity index (χ0n) is 17.4. The summed E-state index contributed by atoms with van der Waals surface area (Å²) in [5, 5.41) is 14.3. The first-order chi connectivity index (χ1) is 15.1. The maximum atomic E-state index is 12.9. The van der Waals surface area contributed by atoms with Gasteiger partial charge in [0.2, 0.25) is 10.0 Å². The fourth-order valence-electron chi connectivity index (χ4n) is 3.41. The number of hydrogen-bond acceptors (Lipinski definition) is 5. The van der Waals surface area contributed by atoms with Gasteiger partial charge in [-0.15, -0.1) is 11.3 Å². The van der Waals surface area contributed by atoms with Crippen LogP contribution in [0.3, 0.4) is 0 Å². The van der Waals surface area contributed by atoms with Gasteiger partial charge in [0, 0.05) is 10.4 Å². The molecule has 0 saturated heterocycles. The Morgan fingerprint density at radius 2 is 1.94 bits per heavy atom. The van der Waals surface area contributed by atoms with Crippen LogP contribution >= 0.6 is 22.9 Å². The minimum atomic E-state index is -3.81. The summed E-state index contributed by atoms with van der Waals surface area (Å²) < 4.78 is 25.1. The Hall–Kier alpha value is -2.72. The van der Waals surface area contributed by atoms with Crippen molar-refractivity contribution in [3.63, 3.8) is 0 Å². The van der Waals surface area contributed by atoms with E-state index in [1.807, 2.05) is 41.9 Å². The molecule has 2 aromatic heterocycles. The first kappa shape index (κ1) is 22.5. The normalized spacial score (nSPS) is 12.8. The summed E-state index contributed by atoms with van der Waals surface area (Å²) in [6.45, 7) is 4.28. The molecule has 0 radical (unpaired) electrons. The van der Waals surface area contributed by atoms with Crippen LogP contribution in [-0.2, 0) is 16.6 Å². The highest BCUT2D eigenvalue weighted by Gasteiger charge is 2.19. The number of amides is 1. The fraction of sp³-hybridized carbons (Fsp3) is 0.182. The number of benzene rings is 2. The number of nitrogens with one attached hydrogen (secondary N) is 1. The Labute approximate surface area is 194 Å². The van der Waals surface area contributed by atoms with Crippen molar-refractivity contribution < 1.29 is 13.2 Å². The van der Waals surface area contributed by atoms with Gasteiger partial charge in [-0.1, -0.05) is 35.9 Å². The summed E-state index contributed by atoms with van der Waals surface area (Å²) in [7, 11) is -3.81. The van der Waals surface area contributed by atoms with Crippen molar-refractivity contribution in [1.29, 1.82) is 0 Å². The van der Waals surface area contributed by atoms with Crippen LogP contribution in [0.25, 0.3) is 10.2 Å². The Morgan fingerprint density at radius 3 is 2.62 bits per heavy atom. The van der Waals surface area contributed by atoms with E-state index in [0.717, 1.165) is 21.5 Å². The molecule has 0 bridgehead atoms. The number of primary sulfonamides is 1. The summed E-state index contributed by atoms with van der Waals surface area (Å²) in [6, 6.07) is 15.3. The van der Waals surface area contributed by atoms with Gasteiger partial charge in [-0.25, -0.2) is 13.6 Å². The van der Waals surface area contributed by atoms with Crippen molar-refractivity contribution in [1.82, 2.24) is 15.1 Å². The molecule has 1 amide bonds. The van der Waals surface area contributed by atoms with Gasteiger partial charge in [0.05, 0.1) is 28.1 Å². The predicted octanol–water partition coefficient (Wildman–Crippen LogP) is 4.25. The lowest BCUT2D eigenvalue weighted by atomic mass is 10.1. The predicted molar refractivity (Wildman–Crippen MR) is 127 cm³/mol. The highest BCUT2D eigenvalue weighted by molar-refractivity contribution is 7.89. The van der Waals surface area contributed by atoms with Crippen LogP contribution in [0.15, 0.2) is 59.5 Å². The standard InChI is InChI=1S/C22H21ClN4O3S2/c1-13(16-4-3-5-18(10-16)32(24,29)30)25-21(28)20-11-19-14(2)26-27(22(19)31-20)12-15-6-8-17(23)9-7-15/h3-11,13H,12H2,1-2H3,(H,25,28)(H2,24,29,30). The number of carbonyl (C=O) groups is 1. The molecular weight excluding hydrogens is 468 g/mol. The zero-order valence-corrected chi connectivity index (χ0v) is 19.8. The maximum absolute atomic E-state index is 12.9. The van der Waals surface area contributed by atoms with Crippen molar-refractivity contribution in [3.8, 4) is 0 Å². The SMILES string of the molecule is Cc1nn(Cc2ccc(Cl)cc2)c2sc(C(=O)NC(C)c3cccc(S(N)(=O)=O)c3)cc12. The molecule has 4 rings (SSSR count). The van der Waals surface area contributed by atoms with E-state index in [2.05, 4.69) is 10.4 Å². The molecule has 0 aliphatic rings. The first-order valence-corrected chi connectivity index (χ1v) is 12.5. The average Bonchev–Trinajstić information content (AvgIpc) is 3.30. The number of carbonyl (C=O) groups excluding carboxylic acids is 1. The Balaban J connectivity index is 1.56. The van der Waals surface area contributed by atoms with E-state index < -0.39 is 16.1 Å². The lowest BCUT2D eigenvalue weighted by molar-refractivity contribution is 0.0944. The van der Waals surface area contributed by atoms with E-state index in [0.29, 0.717) is 22.0 Å². The summed E-state index contributed by atoms with van der Waals surface area (Å²) in [5.74, 6) is -0.239. The van der Waals surface area contributed by atoms with Crippen molar-refractivity contribution in [2.75, 3.05) is 0 Å². The highest BCUT2D eigenvalue weighted by Crippen LogP contribution is 2.29. The number of halogens is 1. The van der Waals surface area contributed by atoms with Crippen LogP contribution < -0.4 is 10.5 Å². The number of hydrogen-bond donors (Lipinski definition) is 2. The number of thiophene rings is 1. The maximum Gasteiger partial charge on any atom is 0.261 e. The van der Waals surface area contributed by atoms with Crippen LogP contribution in [0.2, 0.25) is 5.02 Å². The van der Waals surface area contributed by atoms with Crippen LogP contribution in [-0.4, -0.2) is 24.1 Å². The lowest BCUT2D eigenvalue weighted by Gasteiger charge is -2.14. The third-order valence-electron chi connectivity index (χ3n) is 5.11. The second-order valence-corrected chi connectivity index (χ2v) is 10.5. The van der Waals surface area contributed by atoms with Gasteiger partial charge >= 0.3 is 0 Å². The molecule has 0 aliphatic carbocycles. The molecule has 10 heteroatoms. The number of aromatic nitrogens is 2. The van der Waals surface area contributed by atoms with Crippen LogP contribution in [0.4, 0.5) is 0 Å². The first-order valence-electron chi connectivity index (χ1n) is 9.77. The molecule has 2 aromatic carbocycles. The van der Waals surface area contributed by atoms with E-state index in [1.165, 1.54) is 23.5 Å². The highest BCUT2D eigenvalue weighted by atomic mass is 35.5. The van der Waals surface area contributed by atoms with Crippen molar-refractivity contribution in [2.45, 2.75) is 31.3 Å². The quantitative estimate of drug-likeness (QED) is 0.423. The lowest BCUT2D eigenvalue weighted by Crippen LogP contribution is -2.26. The van der Waals surface area contributed by atoms with Crippen LogP contribution in [0.1, 0.15) is 39.5 Å². The summed E-state index contributed by atoms with van der Waals surface area (Å²) in [6.07, 6.45) is 0. The van der Waals surface area contributed by atoms with Gasteiger partial charge in [-0.05, 0) is 55.3 Å². The minimum Gasteiger partial charge on any atom is -0.345 e. The van der Waals surface area contributed by atoms with Gasteiger partial charge in [0.25, 0.3) is 5.91 Å². The molecule has 0 aliphatic heterocycles. The second kappa shape index (κ2) is 8.67. The van der Waals surface area contributed by atoms with Gasteiger partial charge in [-0.2, -0.15) is 5.10 Å². The van der Waals surface area contributed by atoms with Gasteiger partial charge < -0.3 is 5.32 Å². The van der Waals surface area contributed by atoms with Crippen LogP contribution in [0.5, 0.6) is 0 Å². The third kappa shape index (κ3) is 4.71. The summed E-state index contributed by atoms with van der Waals surface area (Å²) >= 11 is 7.33. The van der Waals surface area contributed by atoms with Gasteiger partial charge in [-0.3, -0.25) is 9.48 Å². The number of aryl methyl sites for hydroxylation is 1. The van der Waals surface area contributed by atoms with E-state index in [-0.39, 0.29) is 10.8 Å². The molecule has 32 heavy (non-hydrogen) atoms. The smallest absolute Gasteiger partial charge is 0.261 e. The molecule has 3 N–H and O–H groups in total. The third-order valence-corrected chi connectivity index (χ3v) is 7.42. The zero-order chi connectivity index (χ0) is 23.0. The molecule has 0 spiro atoms. The monoisotopic (exact) mass is 488 g/mol. The Kier molecular flexibility index (Phi) is 6.09.